The standard InChI is InChI=1S/C15H15NO/c1-11-6-7-14(8-12(11)2)16-10-13-4-3-5-15(17)9-13/h3-10,17H,1-2H3. The number of phenolic OH excluding ortho intramolecular Hbond substituents is 1. The molecule has 0 amide bonds. The Morgan fingerprint density at radius 1 is 1.00 bits per heavy atom. The summed E-state index contributed by atoms with van der Waals surface area (Å²) in [6, 6.07) is 13.1. The van der Waals surface area contributed by atoms with Crippen molar-refractivity contribution in [3.63, 3.8) is 0 Å². The van der Waals surface area contributed by atoms with E-state index in [-0.39, 0.29) is 5.75 Å². The van der Waals surface area contributed by atoms with E-state index in [4.69, 9.17) is 0 Å². The zero-order valence-electron chi connectivity index (χ0n) is 10.0. The maximum atomic E-state index is 9.33. The maximum Gasteiger partial charge on any atom is 0.116 e. The van der Waals surface area contributed by atoms with E-state index in [1.165, 1.54) is 11.1 Å². The summed E-state index contributed by atoms with van der Waals surface area (Å²) < 4.78 is 0. The molecule has 0 aromatic heterocycles. The average molecular weight is 225 g/mol. The summed E-state index contributed by atoms with van der Waals surface area (Å²) in [6.07, 6.45) is 1.75. The van der Waals surface area contributed by atoms with Crippen LogP contribution in [0.15, 0.2) is 47.5 Å². The second-order valence-corrected chi connectivity index (χ2v) is 4.12. The molecule has 2 aromatic rings. The number of nitrogens with zero attached hydrogens (tertiary/aromatic N) is 1. The molecule has 0 aliphatic heterocycles. The van der Waals surface area contributed by atoms with E-state index >= 15 is 0 Å². The molecule has 2 heteroatoms. The van der Waals surface area contributed by atoms with Gasteiger partial charge in [0.15, 0.2) is 0 Å². The summed E-state index contributed by atoms with van der Waals surface area (Å²) >= 11 is 0. The fourth-order valence-electron chi connectivity index (χ4n) is 1.56. The van der Waals surface area contributed by atoms with Crippen LogP contribution >= 0.6 is 0 Å². The molecule has 0 spiro atoms. The maximum absolute atomic E-state index is 9.33. The molecule has 2 rings (SSSR count). The van der Waals surface area contributed by atoms with Gasteiger partial charge in [-0.3, -0.25) is 4.99 Å². The lowest BCUT2D eigenvalue weighted by Gasteiger charge is -2.00. The molecule has 0 heterocycles. The molecule has 2 aromatic carbocycles. The molecule has 1 N–H and O–H groups in total. The van der Waals surface area contributed by atoms with Crippen molar-refractivity contribution in [2.24, 2.45) is 4.99 Å². The zero-order chi connectivity index (χ0) is 12.3. The molecule has 0 unspecified atom stereocenters. The Morgan fingerprint density at radius 3 is 2.53 bits per heavy atom. The van der Waals surface area contributed by atoms with Crippen molar-refractivity contribution in [1.29, 1.82) is 0 Å². The molecule has 0 aliphatic carbocycles. The van der Waals surface area contributed by atoms with Crippen molar-refractivity contribution in [2.75, 3.05) is 0 Å². The first-order valence-electron chi connectivity index (χ1n) is 5.55. The monoisotopic (exact) mass is 225 g/mol. The van der Waals surface area contributed by atoms with Gasteiger partial charge in [0.2, 0.25) is 0 Å². The summed E-state index contributed by atoms with van der Waals surface area (Å²) in [5.74, 6) is 0.258. The van der Waals surface area contributed by atoms with Crippen LogP contribution < -0.4 is 0 Å². The van der Waals surface area contributed by atoms with Crippen molar-refractivity contribution in [3.8, 4) is 5.75 Å². The van der Waals surface area contributed by atoms with Gasteiger partial charge in [0.1, 0.15) is 5.75 Å². The molecular formula is C15H15NO. The van der Waals surface area contributed by atoms with Gasteiger partial charge in [0.05, 0.1) is 5.69 Å². The van der Waals surface area contributed by atoms with Crippen molar-refractivity contribution >= 4 is 11.9 Å². The van der Waals surface area contributed by atoms with E-state index in [0.29, 0.717) is 0 Å². The Bertz CT molecular complexity index is 559. The van der Waals surface area contributed by atoms with Gasteiger partial charge in [0.25, 0.3) is 0 Å². The molecule has 2 nitrogen and oxygen atoms in total. The molecule has 86 valence electrons. The molecular weight excluding hydrogens is 210 g/mol. The largest absolute Gasteiger partial charge is 0.508 e. The molecule has 0 atom stereocenters. The number of phenols is 1. The minimum Gasteiger partial charge on any atom is -0.508 e. The highest BCUT2D eigenvalue weighted by atomic mass is 16.3. The molecule has 0 saturated heterocycles. The van der Waals surface area contributed by atoms with Crippen LogP contribution in [0.5, 0.6) is 5.75 Å². The third-order valence-electron chi connectivity index (χ3n) is 2.72. The first kappa shape index (κ1) is 11.4. The van der Waals surface area contributed by atoms with Crippen LogP contribution in [0.25, 0.3) is 0 Å². The minimum atomic E-state index is 0.258. The molecule has 0 fully saturated rings. The van der Waals surface area contributed by atoms with Gasteiger partial charge in [-0.1, -0.05) is 18.2 Å². The third kappa shape index (κ3) is 2.94. The second-order valence-electron chi connectivity index (χ2n) is 4.12. The van der Waals surface area contributed by atoms with E-state index < -0.39 is 0 Å². The molecule has 0 saturated carbocycles. The van der Waals surface area contributed by atoms with Crippen LogP contribution in [0.3, 0.4) is 0 Å². The molecule has 17 heavy (non-hydrogen) atoms. The number of hydrogen-bond donors (Lipinski definition) is 1. The van der Waals surface area contributed by atoms with Crippen LogP contribution in [0.1, 0.15) is 16.7 Å². The van der Waals surface area contributed by atoms with Crippen LogP contribution in [0, 0.1) is 13.8 Å². The topological polar surface area (TPSA) is 32.6 Å². The predicted molar refractivity (Wildman–Crippen MR) is 71.3 cm³/mol. The van der Waals surface area contributed by atoms with E-state index in [9.17, 15) is 5.11 Å². The first-order valence-corrected chi connectivity index (χ1v) is 5.55. The van der Waals surface area contributed by atoms with Crippen LogP contribution in [-0.4, -0.2) is 11.3 Å². The van der Waals surface area contributed by atoms with Crippen LogP contribution in [0.4, 0.5) is 5.69 Å². The lowest BCUT2D eigenvalue weighted by atomic mass is 10.1. The van der Waals surface area contributed by atoms with Gasteiger partial charge in [-0.2, -0.15) is 0 Å². The van der Waals surface area contributed by atoms with Gasteiger partial charge in [-0.15, -0.1) is 0 Å². The fourth-order valence-corrected chi connectivity index (χ4v) is 1.56. The number of benzene rings is 2. The third-order valence-corrected chi connectivity index (χ3v) is 2.72. The first-order chi connectivity index (χ1) is 8.15. The van der Waals surface area contributed by atoms with Crippen LogP contribution in [0.2, 0.25) is 0 Å². The van der Waals surface area contributed by atoms with E-state index in [1.807, 2.05) is 12.1 Å². The summed E-state index contributed by atoms with van der Waals surface area (Å²) in [5, 5.41) is 9.33. The summed E-state index contributed by atoms with van der Waals surface area (Å²) in [7, 11) is 0. The number of aromatic hydroxyl groups is 1. The molecule has 0 aliphatic rings. The highest BCUT2D eigenvalue weighted by Gasteiger charge is 1.94. The Balaban J connectivity index is 2.23. The van der Waals surface area contributed by atoms with Crippen molar-refractivity contribution in [2.45, 2.75) is 13.8 Å². The van der Waals surface area contributed by atoms with Gasteiger partial charge in [0, 0.05) is 6.21 Å². The van der Waals surface area contributed by atoms with Gasteiger partial charge >= 0.3 is 0 Å². The van der Waals surface area contributed by atoms with Crippen molar-refractivity contribution < 1.29 is 5.11 Å². The summed E-state index contributed by atoms with van der Waals surface area (Å²) in [4.78, 5) is 4.38. The number of aliphatic imine (C=N–C) groups is 1. The highest BCUT2D eigenvalue weighted by molar-refractivity contribution is 5.82. The van der Waals surface area contributed by atoms with E-state index in [0.717, 1.165) is 11.3 Å². The smallest absolute Gasteiger partial charge is 0.116 e. The number of hydrogen-bond acceptors (Lipinski definition) is 2. The Morgan fingerprint density at radius 2 is 1.82 bits per heavy atom. The summed E-state index contributed by atoms with van der Waals surface area (Å²) in [5.41, 5.74) is 4.32. The second kappa shape index (κ2) is 4.83. The Hall–Kier alpha value is -2.09. The van der Waals surface area contributed by atoms with Gasteiger partial charge in [-0.05, 0) is 54.8 Å². The quantitative estimate of drug-likeness (QED) is 0.775. The Kier molecular flexibility index (Phi) is 3.24. The Labute approximate surface area is 101 Å². The van der Waals surface area contributed by atoms with Crippen LogP contribution in [-0.2, 0) is 0 Å². The molecule has 0 bridgehead atoms. The number of rotatable bonds is 2. The van der Waals surface area contributed by atoms with Gasteiger partial charge < -0.3 is 5.11 Å². The van der Waals surface area contributed by atoms with Crippen molar-refractivity contribution in [3.05, 3.63) is 59.2 Å². The normalized spacial score (nSPS) is 10.9. The summed E-state index contributed by atoms with van der Waals surface area (Å²) in [6.45, 7) is 4.15. The lowest BCUT2D eigenvalue weighted by Crippen LogP contribution is -1.81. The minimum absolute atomic E-state index is 0.258. The zero-order valence-corrected chi connectivity index (χ0v) is 10.0. The van der Waals surface area contributed by atoms with E-state index in [1.54, 1.807) is 24.4 Å². The van der Waals surface area contributed by atoms with Gasteiger partial charge in [-0.25, -0.2) is 0 Å². The predicted octanol–water partition coefficient (Wildman–Crippen LogP) is 3.76. The lowest BCUT2D eigenvalue weighted by molar-refractivity contribution is 0.475. The average Bonchev–Trinajstić information content (AvgIpc) is 2.31. The SMILES string of the molecule is Cc1ccc(N=Cc2cccc(O)c2)cc1C. The van der Waals surface area contributed by atoms with Crippen molar-refractivity contribution in [1.82, 2.24) is 0 Å². The van der Waals surface area contributed by atoms with E-state index in [2.05, 4.69) is 31.0 Å². The highest BCUT2D eigenvalue weighted by Crippen LogP contribution is 2.17. The number of aryl methyl sites for hydroxylation is 2. The fraction of sp³-hybridized carbons (Fsp3) is 0.133. The molecule has 0 radical (unpaired) electrons.